The lowest BCUT2D eigenvalue weighted by Gasteiger charge is -1.94. The molecule has 0 saturated carbocycles. The van der Waals surface area contributed by atoms with E-state index in [1.54, 1.807) is 18.5 Å². The number of rotatable bonds is 4. The second-order valence-corrected chi connectivity index (χ2v) is 4.14. The first-order valence-corrected chi connectivity index (χ1v) is 6.04. The molecule has 1 aromatic carbocycles. The van der Waals surface area contributed by atoms with Crippen molar-refractivity contribution in [3.05, 3.63) is 71.0 Å². The topological polar surface area (TPSA) is 25.2 Å². The van der Waals surface area contributed by atoms with Crippen LogP contribution in [0.4, 0.5) is 0 Å². The Morgan fingerprint density at radius 1 is 1.11 bits per heavy atom. The van der Waals surface area contributed by atoms with Crippen molar-refractivity contribution >= 4 is 23.9 Å². The number of allylic oxidation sites excluding steroid dienone is 1. The average molecular weight is 257 g/mol. The van der Waals surface area contributed by atoms with Crippen LogP contribution in [0.15, 0.2) is 59.7 Å². The van der Waals surface area contributed by atoms with Crippen LogP contribution in [-0.4, -0.2) is 11.2 Å². The maximum absolute atomic E-state index is 5.70. The van der Waals surface area contributed by atoms with Crippen molar-refractivity contribution in [1.82, 2.24) is 4.98 Å². The first-order chi connectivity index (χ1) is 8.84. The van der Waals surface area contributed by atoms with E-state index in [2.05, 4.69) is 9.98 Å². The van der Waals surface area contributed by atoms with E-state index in [1.165, 1.54) is 0 Å². The lowest BCUT2D eigenvalue weighted by molar-refractivity contribution is 1.05. The molecule has 18 heavy (non-hydrogen) atoms. The zero-order valence-electron chi connectivity index (χ0n) is 9.83. The van der Waals surface area contributed by atoms with Gasteiger partial charge in [-0.3, -0.25) is 4.99 Å². The fourth-order valence-corrected chi connectivity index (χ4v) is 1.55. The van der Waals surface area contributed by atoms with Crippen LogP contribution in [0.5, 0.6) is 0 Å². The molecule has 0 aliphatic carbocycles. The van der Waals surface area contributed by atoms with Gasteiger partial charge in [0.1, 0.15) is 5.15 Å². The van der Waals surface area contributed by atoms with E-state index < -0.39 is 0 Å². The van der Waals surface area contributed by atoms with Gasteiger partial charge in [-0.2, -0.15) is 0 Å². The van der Waals surface area contributed by atoms with E-state index in [1.807, 2.05) is 48.6 Å². The van der Waals surface area contributed by atoms with Crippen LogP contribution in [0.3, 0.4) is 0 Å². The third kappa shape index (κ3) is 4.15. The molecule has 0 amide bonds. The molecule has 0 unspecified atom stereocenters. The molecular weight excluding hydrogens is 244 g/mol. The molecule has 1 heterocycles. The van der Waals surface area contributed by atoms with E-state index in [4.69, 9.17) is 11.6 Å². The Morgan fingerprint density at radius 3 is 2.67 bits per heavy atom. The van der Waals surface area contributed by atoms with Crippen molar-refractivity contribution in [1.29, 1.82) is 0 Å². The number of hydrogen-bond acceptors (Lipinski definition) is 2. The Kier molecular flexibility index (Phi) is 4.68. The molecule has 90 valence electrons. The van der Waals surface area contributed by atoms with Gasteiger partial charge in [0, 0.05) is 12.4 Å². The number of aliphatic imine (C=N–C) groups is 1. The minimum Gasteiger partial charge on any atom is -0.288 e. The van der Waals surface area contributed by atoms with Crippen molar-refractivity contribution < 1.29 is 0 Å². The van der Waals surface area contributed by atoms with Crippen LogP contribution in [-0.2, 0) is 6.54 Å². The molecule has 0 aliphatic rings. The fraction of sp³-hybridized carbons (Fsp3) is 0.0667. The largest absolute Gasteiger partial charge is 0.288 e. The van der Waals surface area contributed by atoms with Crippen LogP contribution >= 0.6 is 11.6 Å². The molecule has 0 spiro atoms. The van der Waals surface area contributed by atoms with Gasteiger partial charge in [0.15, 0.2) is 0 Å². The van der Waals surface area contributed by atoms with Gasteiger partial charge in [0.2, 0.25) is 0 Å². The Morgan fingerprint density at radius 2 is 1.94 bits per heavy atom. The minimum absolute atomic E-state index is 0.506. The highest BCUT2D eigenvalue weighted by Gasteiger charge is 1.90. The van der Waals surface area contributed by atoms with E-state index >= 15 is 0 Å². The lowest BCUT2D eigenvalue weighted by Crippen LogP contribution is -1.83. The van der Waals surface area contributed by atoms with Gasteiger partial charge < -0.3 is 0 Å². The van der Waals surface area contributed by atoms with Gasteiger partial charge in [-0.05, 0) is 23.3 Å². The summed E-state index contributed by atoms with van der Waals surface area (Å²) in [6.07, 6.45) is 7.48. The zero-order chi connectivity index (χ0) is 12.6. The van der Waals surface area contributed by atoms with Crippen LogP contribution in [0.2, 0.25) is 5.15 Å². The van der Waals surface area contributed by atoms with E-state index in [9.17, 15) is 0 Å². The SMILES string of the molecule is Clc1ccc(CN=C/C=C/c2ccccc2)cn1. The minimum atomic E-state index is 0.506. The zero-order valence-corrected chi connectivity index (χ0v) is 10.6. The monoisotopic (exact) mass is 256 g/mol. The molecule has 3 heteroatoms. The van der Waals surface area contributed by atoms with Gasteiger partial charge in [-0.1, -0.05) is 54.1 Å². The molecule has 0 aliphatic heterocycles. The summed E-state index contributed by atoms with van der Waals surface area (Å²) in [7, 11) is 0. The van der Waals surface area contributed by atoms with Crippen molar-refractivity contribution in [3.63, 3.8) is 0 Å². The molecule has 2 rings (SSSR count). The van der Waals surface area contributed by atoms with Gasteiger partial charge in [0.25, 0.3) is 0 Å². The smallest absolute Gasteiger partial charge is 0.129 e. The number of halogens is 1. The maximum Gasteiger partial charge on any atom is 0.129 e. The van der Waals surface area contributed by atoms with Crippen LogP contribution < -0.4 is 0 Å². The second-order valence-electron chi connectivity index (χ2n) is 3.75. The fourth-order valence-electron chi connectivity index (χ4n) is 1.44. The third-order valence-corrected chi connectivity index (χ3v) is 2.57. The predicted octanol–water partition coefficient (Wildman–Crippen LogP) is 4.02. The quantitative estimate of drug-likeness (QED) is 0.599. The highest BCUT2D eigenvalue weighted by molar-refractivity contribution is 6.29. The molecule has 2 aromatic rings. The number of hydrogen-bond donors (Lipinski definition) is 0. The number of pyridine rings is 1. The Labute approximate surface area is 112 Å². The van der Waals surface area contributed by atoms with Gasteiger partial charge >= 0.3 is 0 Å². The molecular formula is C15H13ClN2. The summed E-state index contributed by atoms with van der Waals surface area (Å²) >= 11 is 5.70. The molecule has 0 bridgehead atoms. The highest BCUT2D eigenvalue weighted by Crippen LogP contribution is 2.06. The van der Waals surface area contributed by atoms with Crippen LogP contribution in [0, 0.1) is 0 Å². The number of nitrogens with zero attached hydrogens (tertiary/aromatic N) is 2. The summed E-state index contributed by atoms with van der Waals surface area (Å²) < 4.78 is 0. The lowest BCUT2D eigenvalue weighted by atomic mass is 10.2. The summed E-state index contributed by atoms with van der Waals surface area (Å²) in [4.78, 5) is 8.29. The predicted molar refractivity (Wildman–Crippen MR) is 76.9 cm³/mol. The molecule has 0 atom stereocenters. The van der Waals surface area contributed by atoms with Crippen LogP contribution in [0.1, 0.15) is 11.1 Å². The summed E-state index contributed by atoms with van der Waals surface area (Å²) in [6.45, 7) is 0.614. The molecule has 0 radical (unpaired) electrons. The summed E-state index contributed by atoms with van der Waals surface area (Å²) in [5.41, 5.74) is 2.21. The Bertz CT molecular complexity index is 530. The highest BCUT2D eigenvalue weighted by atomic mass is 35.5. The molecule has 1 aromatic heterocycles. The Hall–Kier alpha value is -1.93. The maximum atomic E-state index is 5.70. The third-order valence-electron chi connectivity index (χ3n) is 2.34. The number of benzene rings is 1. The average Bonchev–Trinajstić information content (AvgIpc) is 2.42. The van der Waals surface area contributed by atoms with Crippen molar-refractivity contribution in [2.75, 3.05) is 0 Å². The summed E-state index contributed by atoms with van der Waals surface area (Å²) in [6, 6.07) is 13.8. The second kappa shape index (κ2) is 6.72. The molecule has 2 nitrogen and oxygen atoms in total. The molecule has 0 N–H and O–H groups in total. The van der Waals surface area contributed by atoms with E-state index in [-0.39, 0.29) is 0 Å². The van der Waals surface area contributed by atoms with Gasteiger partial charge in [-0.25, -0.2) is 4.98 Å². The Balaban J connectivity index is 1.85. The summed E-state index contributed by atoms with van der Waals surface area (Å²) in [5.74, 6) is 0. The number of aromatic nitrogens is 1. The van der Waals surface area contributed by atoms with E-state index in [0.29, 0.717) is 11.7 Å². The van der Waals surface area contributed by atoms with Crippen LogP contribution in [0.25, 0.3) is 6.08 Å². The molecule has 0 fully saturated rings. The van der Waals surface area contributed by atoms with Crippen molar-refractivity contribution in [2.45, 2.75) is 6.54 Å². The standard InChI is InChI=1S/C15H13ClN2/c16-15-9-8-14(12-18-15)11-17-10-4-7-13-5-2-1-3-6-13/h1-10,12H,11H2/b7-4+,17-10?. The van der Waals surface area contributed by atoms with Crippen molar-refractivity contribution in [3.8, 4) is 0 Å². The molecule has 0 saturated heterocycles. The normalized spacial score (nSPS) is 11.4. The van der Waals surface area contributed by atoms with E-state index in [0.717, 1.165) is 11.1 Å². The first kappa shape index (κ1) is 12.5. The van der Waals surface area contributed by atoms with Gasteiger partial charge in [0.05, 0.1) is 6.54 Å². The first-order valence-electron chi connectivity index (χ1n) is 5.66. The summed E-state index contributed by atoms with van der Waals surface area (Å²) in [5, 5.41) is 0.506. The van der Waals surface area contributed by atoms with Crippen molar-refractivity contribution in [2.24, 2.45) is 4.99 Å². The van der Waals surface area contributed by atoms with Gasteiger partial charge in [-0.15, -0.1) is 0 Å².